The number of carbonyl (C=O) groups is 1. The highest BCUT2D eigenvalue weighted by molar-refractivity contribution is 5.75. The molecule has 0 aliphatic carbocycles. The van der Waals surface area contributed by atoms with E-state index in [9.17, 15) is 9.90 Å². The lowest BCUT2D eigenvalue weighted by Crippen LogP contribution is -2.51. The monoisotopic (exact) mass is 252 g/mol. The highest BCUT2D eigenvalue weighted by Gasteiger charge is 2.38. The number of aliphatic hydroxyl groups is 1. The van der Waals surface area contributed by atoms with Gasteiger partial charge in [-0.1, -0.05) is 0 Å². The molecular weight excluding hydrogens is 232 g/mol. The number of carbonyl (C=O) groups excluding carboxylic acids is 1. The van der Waals surface area contributed by atoms with Crippen LogP contribution >= 0.6 is 0 Å². The minimum Gasteiger partial charge on any atom is -0.467 e. The van der Waals surface area contributed by atoms with Crippen molar-refractivity contribution in [3.8, 4) is 0 Å². The number of furan rings is 1. The van der Waals surface area contributed by atoms with Crippen LogP contribution in [0.2, 0.25) is 0 Å². The lowest BCUT2D eigenvalue weighted by Gasteiger charge is -2.33. The molecule has 0 saturated carbocycles. The third-order valence-electron chi connectivity index (χ3n) is 3.32. The van der Waals surface area contributed by atoms with Crippen molar-refractivity contribution in [2.75, 3.05) is 6.54 Å². The summed E-state index contributed by atoms with van der Waals surface area (Å²) in [6.07, 6.45) is 3.36. The molecule has 5 nitrogen and oxygen atoms in total. The lowest BCUT2D eigenvalue weighted by molar-refractivity contribution is 0.00974. The van der Waals surface area contributed by atoms with E-state index in [1.54, 1.807) is 31.1 Å². The first kappa shape index (κ1) is 13.0. The second kappa shape index (κ2) is 5.02. The molecule has 0 unspecified atom stereocenters. The number of nitrogens with one attached hydrogen (secondary N) is 1. The van der Waals surface area contributed by atoms with Gasteiger partial charge in [0.25, 0.3) is 0 Å². The van der Waals surface area contributed by atoms with E-state index in [4.69, 9.17) is 4.42 Å². The van der Waals surface area contributed by atoms with E-state index < -0.39 is 5.60 Å². The lowest BCUT2D eigenvalue weighted by atomic mass is 9.97. The Bertz CT molecular complexity index is 395. The van der Waals surface area contributed by atoms with Gasteiger partial charge >= 0.3 is 6.03 Å². The van der Waals surface area contributed by atoms with Crippen LogP contribution in [0.5, 0.6) is 0 Å². The van der Waals surface area contributed by atoms with Crippen LogP contribution in [0.1, 0.15) is 32.4 Å². The SMILES string of the molecule is CC(C)(O)[C@@H]1CCCN1C(=O)NCc1ccco1. The molecule has 1 aromatic rings. The molecule has 5 heteroatoms. The molecule has 1 fully saturated rings. The maximum absolute atomic E-state index is 12.1. The predicted octanol–water partition coefficient (Wildman–Crippen LogP) is 1.72. The molecule has 0 radical (unpaired) electrons. The topological polar surface area (TPSA) is 65.7 Å². The average molecular weight is 252 g/mol. The fraction of sp³-hybridized carbons (Fsp3) is 0.615. The zero-order valence-corrected chi connectivity index (χ0v) is 10.8. The smallest absolute Gasteiger partial charge is 0.318 e. The Kier molecular flexibility index (Phi) is 3.61. The largest absolute Gasteiger partial charge is 0.467 e. The Morgan fingerprint density at radius 1 is 1.67 bits per heavy atom. The Balaban J connectivity index is 1.92. The number of nitrogens with zero attached hydrogens (tertiary/aromatic N) is 1. The summed E-state index contributed by atoms with van der Waals surface area (Å²) in [4.78, 5) is 13.8. The van der Waals surface area contributed by atoms with Gasteiger partial charge in [-0.3, -0.25) is 0 Å². The third kappa shape index (κ3) is 2.85. The molecule has 1 saturated heterocycles. The molecule has 18 heavy (non-hydrogen) atoms. The van der Waals surface area contributed by atoms with Gasteiger partial charge in [-0.2, -0.15) is 0 Å². The highest BCUT2D eigenvalue weighted by Crippen LogP contribution is 2.26. The van der Waals surface area contributed by atoms with Gasteiger partial charge in [-0.25, -0.2) is 4.79 Å². The molecule has 100 valence electrons. The maximum Gasteiger partial charge on any atom is 0.318 e. The summed E-state index contributed by atoms with van der Waals surface area (Å²) >= 11 is 0. The van der Waals surface area contributed by atoms with Crippen molar-refractivity contribution in [3.05, 3.63) is 24.2 Å². The minimum absolute atomic E-state index is 0.117. The summed E-state index contributed by atoms with van der Waals surface area (Å²) in [7, 11) is 0. The van der Waals surface area contributed by atoms with Crippen LogP contribution in [-0.4, -0.2) is 34.2 Å². The van der Waals surface area contributed by atoms with E-state index in [1.807, 2.05) is 6.07 Å². The third-order valence-corrected chi connectivity index (χ3v) is 3.32. The van der Waals surface area contributed by atoms with Crippen LogP contribution in [0.4, 0.5) is 4.79 Å². The van der Waals surface area contributed by atoms with E-state index >= 15 is 0 Å². The summed E-state index contributed by atoms with van der Waals surface area (Å²) in [6.45, 7) is 4.56. The summed E-state index contributed by atoms with van der Waals surface area (Å²) < 4.78 is 5.16. The van der Waals surface area contributed by atoms with Crippen LogP contribution in [0, 0.1) is 0 Å². The zero-order chi connectivity index (χ0) is 13.2. The van der Waals surface area contributed by atoms with Crippen molar-refractivity contribution in [1.82, 2.24) is 10.2 Å². The summed E-state index contributed by atoms with van der Waals surface area (Å²) in [5.74, 6) is 0.724. The number of hydrogen-bond donors (Lipinski definition) is 2. The Morgan fingerprint density at radius 3 is 3.06 bits per heavy atom. The first-order chi connectivity index (χ1) is 8.48. The van der Waals surface area contributed by atoms with Gasteiger partial charge in [-0.05, 0) is 38.8 Å². The van der Waals surface area contributed by atoms with Crippen molar-refractivity contribution in [2.45, 2.75) is 44.9 Å². The molecule has 0 aromatic carbocycles. The molecule has 1 atom stereocenters. The van der Waals surface area contributed by atoms with Gasteiger partial charge < -0.3 is 19.7 Å². The molecule has 0 bridgehead atoms. The molecule has 0 spiro atoms. The van der Waals surface area contributed by atoms with Gasteiger partial charge in [-0.15, -0.1) is 0 Å². The van der Waals surface area contributed by atoms with Gasteiger partial charge in [0.2, 0.25) is 0 Å². The van der Waals surface area contributed by atoms with E-state index in [1.165, 1.54) is 0 Å². The second-order valence-corrected chi connectivity index (χ2v) is 5.24. The molecule has 1 aliphatic rings. The van der Waals surface area contributed by atoms with Gasteiger partial charge in [0, 0.05) is 6.54 Å². The molecule has 2 rings (SSSR count). The van der Waals surface area contributed by atoms with E-state index in [0.717, 1.165) is 18.6 Å². The normalized spacial score (nSPS) is 20.2. The molecule has 2 amide bonds. The fourth-order valence-corrected chi connectivity index (χ4v) is 2.42. The summed E-state index contributed by atoms with van der Waals surface area (Å²) in [5, 5.41) is 12.9. The van der Waals surface area contributed by atoms with E-state index in [0.29, 0.717) is 13.1 Å². The van der Waals surface area contributed by atoms with E-state index in [2.05, 4.69) is 5.32 Å². The van der Waals surface area contributed by atoms with Crippen molar-refractivity contribution in [3.63, 3.8) is 0 Å². The Hall–Kier alpha value is -1.49. The highest BCUT2D eigenvalue weighted by atomic mass is 16.3. The standard InChI is InChI=1S/C13H20N2O3/c1-13(2,17)11-6-3-7-15(11)12(16)14-9-10-5-4-8-18-10/h4-5,8,11,17H,3,6-7,9H2,1-2H3,(H,14,16)/t11-/m0/s1. The number of likely N-dealkylation sites (tertiary alicyclic amines) is 1. The Morgan fingerprint density at radius 2 is 2.44 bits per heavy atom. The fourth-order valence-electron chi connectivity index (χ4n) is 2.42. The number of amides is 2. The summed E-state index contributed by atoms with van der Waals surface area (Å²) in [6, 6.07) is 3.35. The second-order valence-electron chi connectivity index (χ2n) is 5.24. The van der Waals surface area contributed by atoms with Crippen LogP contribution in [0.15, 0.2) is 22.8 Å². The van der Waals surface area contributed by atoms with Crippen molar-refractivity contribution in [2.24, 2.45) is 0 Å². The minimum atomic E-state index is -0.863. The average Bonchev–Trinajstić information content (AvgIpc) is 2.95. The molecule has 2 heterocycles. The van der Waals surface area contributed by atoms with Gasteiger partial charge in [0.15, 0.2) is 0 Å². The van der Waals surface area contributed by atoms with Gasteiger partial charge in [0.05, 0.1) is 24.5 Å². The molecule has 2 N–H and O–H groups in total. The van der Waals surface area contributed by atoms with E-state index in [-0.39, 0.29) is 12.1 Å². The van der Waals surface area contributed by atoms with Crippen LogP contribution in [-0.2, 0) is 6.54 Å². The number of hydrogen-bond acceptors (Lipinski definition) is 3. The molecule has 1 aromatic heterocycles. The van der Waals surface area contributed by atoms with Crippen molar-refractivity contribution in [1.29, 1.82) is 0 Å². The summed E-state index contributed by atoms with van der Waals surface area (Å²) in [5.41, 5.74) is -0.863. The maximum atomic E-state index is 12.1. The van der Waals surface area contributed by atoms with Crippen molar-refractivity contribution < 1.29 is 14.3 Å². The first-order valence-corrected chi connectivity index (χ1v) is 6.27. The number of rotatable bonds is 3. The first-order valence-electron chi connectivity index (χ1n) is 6.27. The molecular formula is C13H20N2O3. The van der Waals surface area contributed by atoms with Crippen molar-refractivity contribution >= 4 is 6.03 Å². The van der Waals surface area contributed by atoms with Crippen LogP contribution in [0.25, 0.3) is 0 Å². The van der Waals surface area contributed by atoms with Crippen LogP contribution < -0.4 is 5.32 Å². The van der Waals surface area contributed by atoms with Crippen LogP contribution in [0.3, 0.4) is 0 Å². The quantitative estimate of drug-likeness (QED) is 0.861. The van der Waals surface area contributed by atoms with Gasteiger partial charge in [0.1, 0.15) is 5.76 Å². The number of urea groups is 1. The zero-order valence-electron chi connectivity index (χ0n) is 10.8. The molecule has 1 aliphatic heterocycles. The Labute approximate surface area is 107 Å². The predicted molar refractivity (Wildman–Crippen MR) is 67.0 cm³/mol.